The molecule has 2 aromatic heterocycles. The number of thiophene rings is 1. The molecule has 8 heteroatoms. The molecular formula is C15H17N3O2S3. The number of thioether (sulfide) groups is 1. The minimum atomic E-state index is -0.182. The van der Waals surface area contributed by atoms with Gasteiger partial charge in [0.15, 0.2) is 5.78 Å². The number of fused-ring (bicyclic) bond motifs is 1. The molecule has 5 nitrogen and oxygen atoms in total. The Morgan fingerprint density at radius 3 is 2.78 bits per heavy atom. The molecule has 3 rings (SSSR count). The number of hydrogen-bond acceptors (Lipinski definition) is 6. The van der Waals surface area contributed by atoms with Crippen LogP contribution in [-0.4, -0.2) is 38.1 Å². The second-order valence-electron chi connectivity index (χ2n) is 5.55. The molecule has 122 valence electrons. The van der Waals surface area contributed by atoms with Gasteiger partial charge in [-0.3, -0.25) is 9.59 Å². The van der Waals surface area contributed by atoms with E-state index in [4.69, 9.17) is 12.2 Å². The van der Waals surface area contributed by atoms with Gasteiger partial charge in [0, 0.05) is 13.1 Å². The largest absolute Gasteiger partial charge is 0.358 e. The summed E-state index contributed by atoms with van der Waals surface area (Å²) in [5.74, 6) is 1.11. The van der Waals surface area contributed by atoms with Crippen LogP contribution in [0.15, 0.2) is 4.79 Å². The molecule has 0 atom stereocenters. The number of hydrogen-bond donors (Lipinski definition) is 1. The van der Waals surface area contributed by atoms with Crippen LogP contribution in [0.5, 0.6) is 0 Å². The third kappa shape index (κ3) is 3.34. The van der Waals surface area contributed by atoms with Crippen LogP contribution in [-0.2, 0) is 5.75 Å². The van der Waals surface area contributed by atoms with Crippen LogP contribution in [0.1, 0.15) is 40.8 Å². The van der Waals surface area contributed by atoms with Crippen molar-refractivity contribution in [2.75, 3.05) is 13.1 Å². The maximum absolute atomic E-state index is 12.3. The van der Waals surface area contributed by atoms with E-state index >= 15 is 0 Å². The van der Waals surface area contributed by atoms with E-state index in [2.05, 4.69) is 14.9 Å². The molecular weight excluding hydrogens is 350 g/mol. The number of carbonyl (C=O) groups is 1. The number of likely N-dealkylation sites (tertiary alicyclic amines) is 1. The maximum atomic E-state index is 12.3. The molecule has 1 fully saturated rings. The Kier molecular flexibility index (Phi) is 4.84. The zero-order chi connectivity index (χ0) is 16.6. The number of H-pyrrole nitrogens is 1. The molecule has 3 heterocycles. The Balaban J connectivity index is 1.83. The number of thiocarbonyl (C=S) groups is 1. The first-order valence-electron chi connectivity index (χ1n) is 7.42. The van der Waals surface area contributed by atoms with E-state index in [9.17, 15) is 9.59 Å². The molecule has 23 heavy (non-hydrogen) atoms. The lowest BCUT2D eigenvalue weighted by Crippen LogP contribution is -2.23. The fraction of sp³-hybridized carbons (Fsp3) is 0.467. The van der Waals surface area contributed by atoms with Crippen molar-refractivity contribution in [3.63, 3.8) is 0 Å². The summed E-state index contributed by atoms with van der Waals surface area (Å²) in [5, 5.41) is 0.524. The van der Waals surface area contributed by atoms with Gasteiger partial charge in [0.05, 0.1) is 16.0 Å². The van der Waals surface area contributed by atoms with Gasteiger partial charge >= 0.3 is 0 Å². The van der Waals surface area contributed by atoms with E-state index in [1.165, 1.54) is 42.9 Å². The molecule has 0 saturated carbocycles. The molecule has 1 aliphatic rings. The van der Waals surface area contributed by atoms with Crippen molar-refractivity contribution < 1.29 is 4.79 Å². The van der Waals surface area contributed by atoms with Gasteiger partial charge in [0.1, 0.15) is 15.0 Å². The highest BCUT2D eigenvalue weighted by atomic mass is 32.2. The number of ketones is 1. The van der Waals surface area contributed by atoms with E-state index < -0.39 is 0 Å². The minimum absolute atomic E-state index is 0.0314. The number of nitrogens with zero attached hydrogens (tertiary/aromatic N) is 2. The fourth-order valence-corrected chi connectivity index (χ4v) is 4.93. The first kappa shape index (κ1) is 16.6. The van der Waals surface area contributed by atoms with Gasteiger partial charge in [-0.05, 0) is 32.3 Å². The van der Waals surface area contributed by atoms with Gasteiger partial charge in [0.25, 0.3) is 5.56 Å². The Morgan fingerprint density at radius 1 is 1.43 bits per heavy atom. The van der Waals surface area contributed by atoms with Crippen molar-refractivity contribution >= 4 is 55.6 Å². The van der Waals surface area contributed by atoms with Crippen LogP contribution in [0.4, 0.5) is 0 Å². The topological polar surface area (TPSA) is 66.1 Å². The number of Topliss-reactive ketones (excluding diaryl/α,β-unsaturated/α-hetero) is 1. The molecule has 1 N–H and O–H groups in total. The standard InChI is InChI=1S/C15H17N3O2S3/c1-8-11-13(20)16-10(17-14(11)23-12(8)9(2)19)7-22-15(21)18-5-3-4-6-18/h3-7H2,1-2H3,(H,16,17,20). The van der Waals surface area contributed by atoms with Gasteiger partial charge in [-0.1, -0.05) is 24.0 Å². The highest BCUT2D eigenvalue weighted by Crippen LogP contribution is 2.28. The average molecular weight is 368 g/mol. The van der Waals surface area contributed by atoms with Gasteiger partial charge in [-0.2, -0.15) is 0 Å². The van der Waals surface area contributed by atoms with Crippen LogP contribution < -0.4 is 5.56 Å². The molecule has 0 bridgehead atoms. The van der Waals surface area contributed by atoms with Crippen molar-refractivity contribution in [2.24, 2.45) is 0 Å². The van der Waals surface area contributed by atoms with Crippen molar-refractivity contribution in [1.82, 2.24) is 14.9 Å². The van der Waals surface area contributed by atoms with Gasteiger partial charge < -0.3 is 9.88 Å². The molecule has 0 unspecified atom stereocenters. The Morgan fingerprint density at radius 2 is 2.13 bits per heavy atom. The summed E-state index contributed by atoms with van der Waals surface area (Å²) in [6, 6.07) is 0. The summed E-state index contributed by atoms with van der Waals surface area (Å²) in [6.45, 7) is 5.34. The zero-order valence-corrected chi connectivity index (χ0v) is 15.4. The SMILES string of the molecule is CC(=O)c1sc2nc(CSC(=S)N3CCCC3)[nH]c(=O)c2c1C. The molecule has 0 aromatic carbocycles. The highest BCUT2D eigenvalue weighted by molar-refractivity contribution is 8.22. The van der Waals surface area contributed by atoms with Crippen LogP contribution >= 0.6 is 35.3 Å². The molecule has 0 aliphatic carbocycles. The second-order valence-corrected chi connectivity index (χ2v) is 8.16. The highest BCUT2D eigenvalue weighted by Gasteiger charge is 2.18. The van der Waals surface area contributed by atoms with Crippen LogP contribution in [0.2, 0.25) is 0 Å². The summed E-state index contributed by atoms with van der Waals surface area (Å²) >= 11 is 8.24. The lowest BCUT2D eigenvalue weighted by molar-refractivity contribution is 0.102. The minimum Gasteiger partial charge on any atom is -0.358 e. The predicted octanol–water partition coefficient (Wildman–Crippen LogP) is 3.11. The van der Waals surface area contributed by atoms with Crippen LogP contribution in [0.3, 0.4) is 0 Å². The zero-order valence-electron chi connectivity index (χ0n) is 13.0. The van der Waals surface area contributed by atoms with Crippen LogP contribution in [0, 0.1) is 6.92 Å². The van der Waals surface area contributed by atoms with E-state index in [0.717, 1.165) is 23.0 Å². The summed E-state index contributed by atoms with van der Waals surface area (Å²) in [7, 11) is 0. The number of aromatic nitrogens is 2. The fourth-order valence-electron chi connectivity index (χ4n) is 2.71. The Labute approximate surface area is 147 Å². The van der Waals surface area contributed by atoms with Crippen LogP contribution in [0.25, 0.3) is 10.2 Å². The van der Waals surface area contributed by atoms with Gasteiger partial charge in [0.2, 0.25) is 0 Å². The maximum Gasteiger partial charge on any atom is 0.259 e. The average Bonchev–Trinajstić information content (AvgIpc) is 3.13. The van der Waals surface area contributed by atoms with Crippen molar-refractivity contribution in [3.8, 4) is 0 Å². The van der Waals surface area contributed by atoms with Crippen molar-refractivity contribution in [3.05, 3.63) is 26.6 Å². The van der Waals surface area contributed by atoms with Gasteiger partial charge in [-0.25, -0.2) is 4.98 Å². The van der Waals surface area contributed by atoms with E-state index in [1.54, 1.807) is 6.92 Å². The van der Waals surface area contributed by atoms with E-state index in [-0.39, 0.29) is 11.3 Å². The first-order valence-corrected chi connectivity index (χ1v) is 9.63. The summed E-state index contributed by atoms with van der Waals surface area (Å²) < 4.78 is 0.858. The number of carbonyl (C=O) groups excluding carboxylic acids is 1. The Hall–Kier alpha value is -1.25. The molecule has 1 saturated heterocycles. The lowest BCUT2D eigenvalue weighted by Gasteiger charge is -2.17. The number of aromatic amines is 1. The van der Waals surface area contributed by atoms with Crippen molar-refractivity contribution in [1.29, 1.82) is 0 Å². The lowest BCUT2D eigenvalue weighted by atomic mass is 10.2. The molecule has 0 amide bonds. The third-order valence-corrected chi connectivity index (χ3v) is 6.69. The monoisotopic (exact) mass is 367 g/mol. The molecule has 2 aromatic rings. The second kappa shape index (κ2) is 6.70. The molecule has 1 aliphatic heterocycles. The number of aryl methyl sites for hydroxylation is 1. The summed E-state index contributed by atoms with van der Waals surface area (Å²) in [5.41, 5.74) is 0.539. The quantitative estimate of drug-likeness (QED) is 0.664. The summed E-state index contributed by atoms with van der Waals surface area (Å²) in [4.78, 5) is 34.7. The molecule has 0 spiro atoms. The first-order chi connectivity index (χ1) is 11.0. The van der Waals surface area contributed by atoms with Gasteiger partial charge in [-0.15, -0.1) is 11.3 Å². The Bertz CT molecular complexity index is 834. The molecule has 0 radical (unpaired) electrons. The smallest absolute Gasteiger partial charge is 0.259 e. The summed E-state index contributed by atoms with van der Waals surface area (Å²) in [6.07, 6.45) is 2.37. The van der Waals surface area contributed by atoms with Crippen molar-refractivity contribution in [2.45, 2.75) is 32.4 Å². The third-order valence-electron chi connectivity index (χ3n) is 3.87. The number of nitrogens with one attached hydrogen (secondary N) is 1. The van der Waals surface area contributed by atoms with E-state index in [1.807, 2.05) is 0 Å². The normalized spacial score (nSPS) is 14.6. The van der Waals surface area contributed by atoms with E-state index in [0.29, 0.717) is 26.7 Å². The number of rotatable bonds is 3. The predicted molar refractivity (Wildman–Crippen MR) is 99.7 cm³/mol.